The van der Waals surface area contributed by atoms with E-state index in [2.05, 4.69) is 23.4 Å². The zero-order chi connectivity index (χ0) is 15.0. The molecule has 0 aromatic carbocycles. The Morgan fingerprint density at radius 3 is 2.62 bits per heavy atom. The summed E-state index contributed by atoms with van der Waals surface area (Å²) in [5, 5.41) is 0. The van der Waals surface area contributed by atoms with E-state index in [9.17, 15) is 0 Å². The minimum absolute atomic E-state index is 0.557. The smallest absolute Gasteiger partial charge is 0.133 e. The number of nitrogens with zero attached hydrogens (tertiary/aromatic N) is 4. The van der Waals surface area contributed by atoms with Gasteiger partial charge in [0.05, 0.1) is 18.2 Å². The van der Waals surface area contributed by atoms with E-state index in [-0.39, 0.29) is 0 Å². The van der Waals surface area contributed by atoms with Crippen LogP contribution in [0.3, 0.4) is 0 Å². The predicted molar refractivity (Wildman–Crippen MR) is 84.9 cm³/mol. The van der Waals surface area contributed by atoms with Crippen molar-refractivity contribution in [2.45, 2.75) is 52.0 Å². The first-order chi connectivity index (χ1) is 10.1. The van der Waals surface area contributed by atoms with Crippen LogP contribution in [-0.2, 0) is 13.6 Å². The summed E-state index contributed by atoms with van der Waals surface area (Å²) in [6.07, 6.45) is 8.72. The minimum Gasteiger partial charge on any atom is -0.383 e. The molecule has 21 heavy (non-hydrogen) atoms. The van der Waals surface area contributed by atoms with Gasteiger partial charge in [-0.05, 0) is 18.8 Å². The van der Waals surface area contributed by atoms with Crippen LogP contribution in [0.1, 0.15) is 51.3 Å². The third-order valence-corrected chi connectivity index (χ3v) is 4.36. The molecule has 2 heterocycles. The van der Waals surface area contributed by atoms with E-state index in [0.29, 0.717) is 11.8 Å². The maximum absolute atomic E-state index is 6.44. The third kappa shape index (κ3) is 2.57. The standard InChI is InChI=1S/C16H25N5/c1-11(2)9-21-15(17)14(13-8-18-10-20(13)3)19-16(21)12-6-4-5-7-12/h8,10-12H,4-7,9,17H2,1-3H3. The largest absolute Gasteiger partial charge is 0.383 e. The van der Waals surface area contributed by atoms with E-state index in [1.807, 2.05) is 17.8 Å². The quantitative estimate of drug-likeness (QED) is 0.939. The summed E-state index contributed by atoms with van der Waals surface area (Å²) >= 11 is 0. The van der Waals surface area contributed by atoms with Crippen molar-refractivity contribution in [3.8, 4) is 11.4 Å². The van der Waals surface area contributed by atoms with Crippen LogP contribution in [-0.4, -0.2) is 19.1 Å². The van der Waals surface area contributed by atoms with Crippen LogP contribution < -0.4 is 5.73 Å². The Kier molecular flexibility index (Phi) is 3.74. The van der Waals surface area contributed by atoms with Gasteiger partial charge in [-0.2, -0.15) is 0 Å². The second kappa shape index (κ2) is 5.54. The van der Waals surface area contributed by atoms with E-state index in [0.717, 1.165) is 23.8 Å². The van der Waals surface area contributed by atoms with Crippen LogP contribution in [0.5, 0.6) is 0 Å². The molecule has 1 saturated carbocycles. The third-order valence-electron chi connectivity index (χ3n) is 4.36. The fourth-order valence-corrected chi connectivity index (χ4v) is 3.31. The molecule has 1 aliphatic carbocycles. The fraction of sp³-hybridized carbons (Fsp3) is 0.625. The van der Waals surface area contributed by atoms with Crippen LogP contribution in [0.15, 0.2) is 12.5 Å². The van der Waals surface area contributed by atoms with Crippen molar-refractivity contribution in [1.29, 1.82) is 0 Å². The SMILES string of the molecule is CC(C)Cn1c(C2CCCC2)nc(-c2cncn2C)c1N. The van der Waals surface area contributed by atoms with Gasteiger partial charge in [0.25, 0.3) is 0 Å². The first-order valence-corrected chi connectivity index (χ1v) is 7.90. The molecule has 114 valence electrons. The Morgan fingerprint density at radius 2 is 2.05 bits per heavy atom. The van der Waals surface area contributed by atoms with Crippen molar-refractivity contribution in [1.82, 2.24) is 19.1 Å². The summed E-state index contributed by atoms with van der Waals surface area (Å²) < 4.78 is 4.22. The highest BCUT2D eigenvalue weighted by Gasteiger charge is 2.26. The lowest BCUT2D eigenvalue weighted by Crippen LogP contribution is -2.13. The molecule has 0 aliphatic heterocycles. The topological polar surface area (TPSA) is 61.7 Å². The van der Waals surface area contributed by atoms with Crippen LogP contribution >= 0.6 is 0 Å². The summed E-state index contributed by atoms with van der Waals surface area (Å²) in [4.78, 5) is 9.12. The van der Waals surface area contributed by atoms with E-state index in [1.165, 1.54) is 31.5 Å². The monoisotopic (exact) mass is 287 g/mol. The molecule has 3 rings (SSSR count). The molecule has 1 aliphatic rings. The number of anilines is 1. The van der Waals surface area contributed by atoms with Gasteiger partial charge in [-0.25, -0.2) is 9.97 Å². The molecule has 0 bridgehead atoms. The Balaban J connectivity index is 2.08. The maximum Gasteiger partial charge on any atom is 0.133 e. The normalized spacial score (nSPS) is 16.2. The lowest BCUT2D eigenvalue weighted by molar-refractivity contribution is 0.492. The number of nitrogen functional groups attached to an aromatic ring is 1. The van der Waals surface area contributed by atoms with Crippen LogP contribution in [0.4, 0.5) is 5.82 Å². The number of aryl methyl sites for hydroxylation is 1. The molecule has 0 radical (unpaired) electrons. The Bertz CT molecular complexity index is 617. The van der Waals surface area contributed by atoms with Gasteiger partial charge in [-0.15, -0.1) is 0 Å². The van der Waals surface area contributed by atoms with Crippen molar-refractivity contribution in [3.63, 3.8) is 0 Å². The molecular weight excluding hydrogens is 262 g/mol. The average molecular weight is 287 g/mol. The predicted octanol–water partition coefficient (Wildman–Crippen LogP) is 3.18. The first kappa shape index (κ1) is 14.2. The van der Waals surface area contributed by atoms with Gasteiger partial charge in [-0.1, -0.05) is 26.7 Å². The van der Waals surface area contributed by atoms with Crippen LogP contribution in [0.2, 0.25) is 0 Å². The van der Waals surface area contributed by atoms with Crippen molar-refractivity contribution in [3.05, 3.63) is 18.3 Å². The van der Waals surface area contributed by atoms with Gasteiger partial charge in [0, 0.05) is 19.5 Å². The van der Waals surface area contributed by atoms with Gasteiger partial charge >= 0.3 is 0 Å². The van der Waals surface area contributed by atoms with Crippen molar-refractivity contribution in [2.24, 2.45) is 13.0 Å². The summed E-state index contributed by atoms with van der Waals surface area (Å²) in [7, 11) is 1.98. The molecular formula is C16H25N5. The zero-order valence-corrected chi connectivity index (χ0v) is 13.2. The van der Waals surface area contributed by atoms with Crippen molar-refractivity contribution >= 4 is 5.82 Å². The summed E-state index contributed by atoms with van der Waals surface area (Å²) in [6, 6.07) is 0. The van der Waals surface area contributed by atoms with Gasteiger partial charge in [0.2, 0.25) is 0 Å². The number of hydrogen-bond acceptors (Lipinski definition) is 3. The number of imidazole rings is 2. The molecule has 0 atom stereocenters. The molecule has 0 amide bonds. The Morgan fingerprint density at radius 1 is 1.33 bits per heavy atom. The summed E-state index contributed by atoms with van der Waals surface area (Å²) in [5.41, 5.74) is 8.32. The number of rotatable bonds is 4. The molecule has 2 aromatic heterocycles. The second-order valence-corrected chi connectivity index (χ2v) is 6.58. The molecule has 0 spiro atoms. The zero-order valence-electron chi connectivity index (χ0n) is 13.2. The van der Waals surface area contributed by atoms with Gasteiger partial charge < -0.3 is 14.9 Å². The average Bonchev–Trinajstić information content (AvgIpc) is 3.13. The summed E-state index contributed by atoms with van der Waals surface area (Å²) in [5.74, 6) is 3.08. The van der Waals surface area contributed by atoms with Gasteiger partial charge in [-0.3, -0.25) is 0 Å². The number of hydrogen-bond donors (Lipinski definition) is 1. The number of aromatic nitrogens is 4. The first-order valence-electron chi connectivity index (χ1n) is 7.90. The van der Waals surface area contributed by atoms with E-state index in [1.54, 1.807) is 6.33 Å². The highest BCUT2D eigenvalue weighted by Crippen LogP contribution is 2.37. The molecule has 2 aromatic rings. The van der Waals surface area contributed by atoms with Crippen LogP contribution in [0.25, 0.3) is 11.4 Å². The molecule has 1 fully saturated rings. The highest BCUT2D eigenvalue weighted by atomic mass is 15.2. The van der Waals surface area contributed by atoms with E-state index >= 15 is 0 Å². The molecule has 2 N–H and O–H groups in total. The van der Waals surface area contributed by atoms with Crippen molar-refractivity contribution in [2.75, 3.05) is 5.73 Å². The minimum atomic E-state index is 0.557. The number of nitrogens with two attached hydrogens (primary N) is 1. The fourth-order valence-electron chi connectivity index (χ4n) is 3.31. The Labute approximate surface area is 126 Å². The van der Waals surface area contributed by atoms with Crippen molar-refractivity contribution < 1.29 is 0 Å². The molecule has 0 unspecified atom stereocenters. The second-order valence-electron chi connectivity index (χ2n) is 6.58. The summed E-state index contributed by atoms with van der Waals surface area (Å²) in [6.45, 7) is 5.38. The maximum atomic E-state index is 6.44. The lowest BCUT2D eigenvalue weighted by Gasteiger charge is -2.15. The molecule has 0 saturated heterocycles. The van der Waals surface area contributed by atoms with Gasteiger partial charge in [0.15, 0.2) is 0 Å². The Hall–Kier alpha value is -1.78. The van der Waals surface area contributed by atoms with E-state index < -0.39 is 0 Å². The molecule has 5 heteroatoms. The highest BCUT2D eigenvalue weighted by molar-refractivity contribution is 5.68. The van der Waals surface area contributed by atoms with E-state index in [4.69, 9.17) is 10.7 Å². The van der Waals surface area contributed by atoms with Crippen LogP contribution in [0, 0.1) is 5.92 Å². The lowest BCUT2D eigenvalue weighted by atomic mass is 10.1. The molecule has 5 nitrogen and oxygen atoms in total. The van der Waals surface area contributed by atoms with Gasteiger partial charge in [0.1, 0.15) is 17.3 Å².